The molecule has 0 saturated carbocycles. The molecule has 1 heterocycles. The van der Waals surface area contributed by atoms with E-state index >= 15 is 0 Å². The number of anilines is 1. The number of nitrogens with zero attached hydrogens (tertiary/aromatic N) is 2. The Morgan fingerprint density at radius 3 is 3.11 bits per heavy atom. The van der Waals surface area contributed by atoms with E-state index in [0.29, 0.717) is 12.2 Å². The summed E-state index contributed by atoms with van der Waals surface area (Å²) < 4.78 is 5.98. The first-order valence-electron chi connectivity index (χ1n) is 5.37. The van der Waals surface area contributed by atoms with Gasteiger partial charge in [0.2, 0.25) is 0 Å². The molecule has 0 aromatic carbocycles. The number of methoxy groups -OCH3 is 1. The van der Waals surface area contributed by atoms with Gasteiger partial charge in [-0.1, -0.05) is 17.7 Å². The van der Waals surface area contributed by atoms with Crippen molar-refractivity contribution in [3.8, 4) is 0 Å². The third kappa shape index (κ3) is 3.83. The van der Waals surface area contributed by atoms with Crippen LogP contribution in [-0.2, 0) is 11.3 Å². The summed E-state index contributed by atoms with van der Waals surface area (Å²) in [5.74, 6) is 0. The highest BCUT2D eigenvalue weighted by Gasteiger charge is 2.10. The van der Waals surface area contributed by atoms with Gasteiger partial charge >= 0.3 is 0 Å². The SMILES string of the molecule is C=CCn1ncc(NCC(O)COC)c(Cl)c1=O. The van der Waals surface area contributed by atoms with Crippen LogP contribution in [0.5, 0.6) is 0 Å². The monoisotopic (exact) mass is 273 g/mol. The van der Waals surface area contributed by atoms with Gasteiger partial charge in [-0.25, -0.2) is 4.68 Å². The minimum atomic E-state index is -0.679. The van der Waals surface area contributed by atoms with Crippen LogP contribution in [0.1, 0.15) is 0 Å². The minimum absolute atomic E-state index is 0.0384. The van der Waals surface area contributed by atoms with Crippen molar-refractivity contribution in [2.75, 3.05) is 25.6 Å². The van der Waals surface area contributed by atoms with Crippen LogP contribution in [0.4, 0.5) is 5.69 Å². The van der Waals surface area contributed by atoms with E-state index in [-0.39, 0.29) is 18.2 Å². The Morgan fingerprint density at radius 2 is 2.50 bits per heavy atom. The van der Waals surface area contributed by atoms with E-state index in [1.54, 1.807) is 6.08 Å². The molecular formula is C11H16ClN3O3. The third-order valence-electron chi connectivity index (χ3n) is 2.17. The smallest absolute Gasteiger partial charge is 0.287 e. The van der Waals surface area contributed by atoms with Gasteiger partial charge in [-0.15, -0.1) is 6.58 Å². The molecule has 6 nitrogen and oxygen atoms in total. The van der Waals surface area contributed by atoms with Gasteiger partial charge in [0.05, 0.1) is 31.1 Å². The molecule has 100 valence electrons. The van der Waals surface area contributed by atoms with E-state index in [2.05, 4.69) is 17.0 Å². The van der Waals surface area contributed by atoms with Crippen LogP contribution in [-0.4, -0.2) is 41.3 Å². The number of ether oxygens (including phenoxy) is 1. The molecule has 18 heavy (non-hydrogen) atoms. The Kier molecular flexibility index (Phi) is 5.84. The predicted molar refractivity (Wildman–Crippen MR) is 70.1 cm³/mol. The van der Waals surface area contributed by atoms with Crippen LogP contribution in [0.15, 0.2) is 23.6 Å². The van der Waals surface area contributed by atoms with Crippen LogP contribution in [0, 0.1) is 0 Å². The molecule has 0 amide bonds. The highest BCUT2D eigenvalue weighted by Crippen LogP contribution is 2.14. The summed E-state index contributed by atoms with van der Waals surface area (Å²) in [6.07, 6.45) is 2.31. The van der Waals surface area contributed by atoms with Gasteiger partial charge in [0.1, 0.15) is 5.02 Å². The fourth-order valence-electron chi connectivity index (χ4n) is 1.32. The van der Waals surface area contributed by atoms with E-state index in [1.165, 1.54) is 18.0 Å². The molecule has 0 radical (unpaired) electrons. The number of aromatic nitrogens is 2. The second-order valence-electron chi connectivity index (χ2n) is 3.64. The average Bonchev–Trinajstić information content (AvgIpc) is 2.35. The Labute approximate surface area is 110 Å². The van der Waals surface area contributed by atoms with E-state index in [0.717, 1.165) is 0 Å². The number of rotatable bonds is 7. The second kappa shape index (κ2) is 7.15. The van der Waals surface area contributed by atoms with Gasteiger partial charge in [0.25, 0.3) is 5.56 Å². The number of aliphatic hydroxyl groups is 1. The first kappa shape index (κ1) is 14.7. The van der Waals surface area contributed by atoms with Crippen molar-refractivity contribution in [3.05, 3.63) is 34.2 Å². The normalized spacial score (nSPS) is 12.2. The molecule has 1 aromatic heterocycles. The summed E-state index contributed by atoms with van der Waals surface area (Å²) in [7, 11) is 1.49. The Bertz CT molecular complexity index is 461. The number of hydrogen-bond acceptors (Lipinski definition) is 5. The summed E-state index contributed by atoms with van der Waals surface area (Å²) in [4.78, 5) is 11.7. The summed E-state index contributed by atoms with van der Waals surface area (Å²) in [5.41, 5.74) is -0.0140. The van der Waals surface area contributed by atoms with Crippen molar-refractivity contribution < 1.29 is 9.84 Å². The molecule has 0 spiro atoms. The second-order valence-corrected chi connectivity index (χ2v) is 4.02. The van der Waals surface area contributed by atoms with E-state index in [1.807, 2.05) is 0 Å². The summed E-state index contributed by atoms with van der Waals surface area (Å²) in [6, 6.07) is 0. The summed E-state index contributed by atoms with van der Waals surface area (Å²) in [5, 5.41) is 16.3. The zero-order valence-electron chi connectivity index (χ0n) is 10.1. The van der Waals surface area contributed by atoms with E-state index in [4.69, 9.17) is 16.3 Å². The van der Waals surface area contributed by atoms with Crippen molar-refractivity contribution in [1.82, 2.24) is 9.78 Å². The quantitative estimate of drug-likeness (QED) is 0.708. The molecule has 1 rings (SSSR count). The maximum Gasteiger partial charge on any atom is 0.287 e. The van der Waals surface area contributed by atoms with Crippen LogP contribution < -0.4 is 10.9 Å². The Balaban J connectivity index is 2.76. The molecule has 0 bridgehead atoms. The number of hydrogen-bond donors (Lipinski definition) is 2. The lowest BCUT2D eigenvalue weighted by Crippen LogP contribution is -2.27. The maximum absolute atomic E-state index is 11.7. The lowest BCUT2D eigenvalue weighted by atomic mass is 10.3. The van der Waals surface area contributed by atoms with Crippen LogP contribution in [0.25, 0.3) is 0 Å². The van der Waals surface area contributed by atoms with Gasteiger partial charge in [-0.2, -0.15) is 5.10 Å². The molecule has 1 atom stereocenters. The van der Waals surface area contributed by atoms with E-state index in [9.17, 15) is 9.90 Å². The van der Waals surface area contributed by atoms with Gasteiger partial charge in [-0.3, -0.25) is 4.79 Å². The van der Waals surface area contributed by atoms with Crippen molar-refractivity contribution in [2.45, 2.75) is 12.6 Å². The molecule has 1 unspecified atom stereocenters. The highest BCUT2D eigenvalue weighted by molar-refractivity contribution is 6.32. The molecule has 0 aliphatic rings. The largest absolute Gasteiger partial charge is 0.389 e. The zero-order valence-corrected chi connectivity index (χ0v) is 10.9. The van der Waals surface area contributed by atoms with Crippen molar-refractivity contribution in [3.63, 3.8) is 0 Å². The molecule has 0 aliphatic carbocycles. The molecule has 2 N–H and O–H groups in total. The zero-order chi connectivity index (χ0) is 13.5. The average molecular weight is 274 g/mol. The summed E-state index contributed by atoms with van der Waals surface area (Å²) in [6.45, 7) is 4.24. The van der Waals surface area contributed by atoms with Crippen molar-refractivity contribution >= 4 is 17.3 Å². The molecule has 1 aromatic rings. The number of aliphatic hydroxyl groups excluding tert-OH is 1. The minimum Gasteiger partial charge on any atom is -0.389 e. The van der Waals surface area contributed by atoms with Crippen LogP contribution in [0.3, 0.4) is 0 Å². The molecule has 0 fully saturated rings. The molecular weight excluding hydrogens is 258 g/mol. The summed E-state index contributed by atoms with van der Waals surface area (Å²) >= 11 is 5.91. The van der Waals surface area contributed by atoms with E-state index < -0.39 is 11.7 Å². The lowest BCUT2D eigenvalue weighted by molar-refractivity contribution is 0.0727. The first-order valence-corrected chi connectivity index (χ1v) is 5.75. The predicted octanol–water partition coefficient (Wildman–Crippen LogP) is 0.502. The van der Waals surface area contributed by atoms with Crippen molar-refractivity contribution in [2.24, 2.45) is 0 Å². The standard InChI is InChI=1S/C11H16ClN3O3/c1-3-4-15-11(17)10(12)9(6-14-15)13-5-8(16)7-18-2/h3,6,8,13,16H,1,4-5,7H2,2H3. The Hall–Kier alpha value is -1.37. The number of allylic oxidation sites excluding steroid dienone is 1. The first-order chi connectivity index (χ1) is 8.60. The van der Waals surface area contributed by atoms with Gasteiger partial charge in [0, 0.05) is 13.7 Å². The fraction of sp³-hybridized carbons (Fsp3) is 0.455. The molecule has 7 heteroatoms. The van der Waals surface area contributed by atoms with Crippen molar-refractivity contribution in [1.29, 1.82) is 0 Å². The Morgan fingerprint density at radius 1 is 1.78 bits per heavy atom. The topological polar surface area (TPSA) is 76.4 Å². The van der Waals surface area contributed by atoms with Crippen LogP contribution in [0.2, 0.25) is 5.02 Å². The van der Waals surface area contributed by atoms with Gasteiger partial charge in [-0.05, 0) is 0 Å². The maximum atomic E-state index is 11.7. The number of nitrogens with one attached hydrogen (secondary N) is 1. The number of halogens is 1. The molecule has 0 aliphatic heterocycles. The fourth-order valence-corrected chi connectivity index (χ4v) is 1.53. The van der Waals surface area contributed by atoms with Gasteiger partial charge < -0.3 is 15.2 Å². The van der Waals surface area contributed by atoms with Gasteiger partial charge in [0.15, 0.2) is 0 Å². The molecule has 0 saturated heterocycles. The highest BCUT2D eigenvalue weighted by atomic mass is 35.5. The van der Waals surface area contributed by atoms with Crippen LogP contribution >= 0.6 is 11.6 Å². The lowest BCUT2D eigenvalue weighted by Gasteiger charge is -2.13. The third-order valence-corrected chi connectivity index (χ3v) is 2.54.